The monoisotopic (exact) mass is 347 g/mol. The van der Waals surface area contributed by atoms with Gasteiger partial charge in [-0.2, -0.15) is 5.10 Å². The highest BCUT2D eigenvalue weighted by Crippen LogP contribution is 2.23. The van der Waals surface area contributed by atoms with Gasteiger partial charge in [-0.25, -0.2) is 0 Å². The van der Waals surface area contributed by atoms with Crippen LogP contribution in [0.15, 0.2) is 29.0 Å². The predicted molar refractivity (Wildman–Crippen MR) is 92.2 cm³/mol. The first kappa shape index (κ1) is 17.6. The summed E-state index contributed by atoms with van der Waals surface area (Å²) in [6, 6.07) is 3.66. The lowest BCUT2D eigenvalue weighted by atomic mass is 9.92. The van der Waals surface area contributed by atoms with Crippen LogP contribution in [0.4, 0.5) is 5.88 Å². The molecule has 0 unspecified atom stereocenters. The Kier molecular flexibility index (Phi) is 5.19. The molecule has 3 heterocycles. The number of ether oxygens (including phenoxy) is 1. The molecule has 0 aliphatic carbocycles. The second-order valence-corrected chi connectivity index (χ2v) is 7.33. The molecular formula is C17H25N5O3. The highest BCUT2D eigenvalue weighted by molar-refractivity contribution is 5.91. The number of nitrogens with one attached hydrogen (secondary N) is 1. The molecule has 8 nitrogen and oxygen atoms in total. The van der Waals surface area contributed by atoms with Crippen molar-refractivity contribution in [1.29, 1.82) is 0 Å². The van der Waals surface area contributed by atoms with Crippen LogP contribution in [0.1, 0.15) is 26.5 Å². The Morgan fingerprint density at radius 1 is 1.44 bits per heavy atom. The van der Waals surface area contributed by atoms with Crippen LogP contribution in [0.5, 0.6) is 0 Å². The lowest BCUT2D eigenvalue weighted by Crippen LogP contribution is -2.47. The fourth-order valence-corrected chi connectivity index (χ4v) is 2.72. The molecule has 1 saturated heterocycles. The van der Waals surface area contributed by atoms with Crippen LogP contribution in [0.2, 0.25) is 0 Å². The van der Waals surface area contributed by atoms with E-state index in [0.29, 0.717) is 32.1 Å². The summed E-state index contributed by atoms with van der Waals surface area (Å²) in [6.07, 6.45) is 3.68. The van der Waals surface area contributed by atoms with Gasteiger partial charge in [0, 0.05) is 37.0 Å². The lowest BCUT2D eigenvalue weighted by molar-refractivity contribution is -0.119. The number of rotatable bonds is 5. The van der Waals surface area contributed by atoms with Crippen molar-refractivity contribution in [2.75, 3.05) is 31.6 Å². The molecule has 1 amide bonds. The van der Waals surface area contributed by atoms with E-state index in [-0.39, 0.29) is 17.4 Å². The molecule has 0 radical (unpaired) electrons. The van der Waals surface area contributed by atoms with Gasteiger partial charge in [0.15, 0.2) is 0 Å². The molecule has 1 aliphatic heterocycles. The zero-order valence-electron chi connectivity index (χ0n) is 14.9. The topological polar surface area (TPSA) is 85.4 Å². The molecule has 0 spiro atoms. The van der Waals surface area contributed by atoms with Crippen molar-refractivity contribution in [3.8, 4) is 0 Å². The van der Waals surface area contributed by atoms with Crippen LogP contribution < -0.4 is 5.32 Å². The molecule has 2 aromatic rings. The minimum Gasteiger partial charge on any atom is -0.374 e. The first-order valence-electron chi connectivity index (χ1n) is 8.48. The maximum Gasteiger partial charge on any atom is 0.240 e. The Hall–Kier alpha value is -2.19. The van der Waals surface area contributed by atoms with Gasteiger partial charge in [0.1, 0.15) is 0 Å². The van der Waals surface area contributed by atoms with Gasteiger partial charge in [-0.1, -0.05) is 25.9 Å². The number of hydrogen-bond acceptors (Lipinski definition) is 6. The third kappa shape index (κ3) is 4.90. The van der Waals surface area contributed by atoms with Crippen LogP contribution in [0.3, 0.4) is 0 Å². The van der Waals surface area contributed by atoms with Crippen LogP contribution in [-0.2, 0) is 21.5 Å². The molecule has 1 N–H and O–H groups in total. The van der Waals surface area contributed by atoms with E-state index in [0.717, 1.165) is 12.2 Å². The summed E-state index contributed by atoms with van der Waals surface area (Å²) >= 11 is 0. The van der Waals surface area contributed by atoms with Gasteiger partial charge in [0.25, 0.3) is 0 Å². The molecule has 136 valence electrons. The summed E-state index contributed by atoms with van der Waals surface area (Å²) in [4.78, 5) is 14.3. The van der Waals surface area contributed by atoms with Crippen molar-refractivity contribution in [1.82, 2.24) is 19.8 Å². The lowest BCUT2D eigenvalue weighted by Gasteiger charge is -2.32. The first-order chi connectivity index (χ1) is 11.9. The highest BCUT2D eigenvalue weighted by Gasteiger charge is 2.24. The molecule has 0 saturated carbocycles. The van der Waals surface area contributed by atoms with Gasteiger partial charge >= 0.3 is 0 Å². The van der Waals surface area contributed by atoms with Crippen LogP contribution in [0, 0.1) is 0 Å². The molecule has 3 rings (SSSR count). The zero-order chi connectivity index (χ0) is 17.9. The van der Waals surface area contributed by atoms with Gasteiger partial charge in [0.2, 0.25) is 11.8 Å². The molecule has 8 heteroatoms. The van der Waals surface area contributed by atoms with Crippen LogP contribution in [0.25, 0.3) is 0 Å². The van der Waals surface area contributed by atoms with Crippen molar-refractivity contribution >= 4 is 11.8 Å². The molecule has 2 aromatic heterocycles. The molecular weight excluding hydrogens is 322 g/mol. The van der Waals surface area contributed by atoms with Crippen LogP contribution >= 0.6 is 0 Å². The van der Waals surface area contributed by atoms with E-state index in [4.69, 9.17) is 9.26 Å². The van der Waals surface area contributed by atoms with Gasteiger partial charge in [-0.15, -0.1) is 0 Å². The van der Waals surface area contributed by atoms with Crippen molar-refractivity contribution in [3.63, 3.8) is 0 Å². The molecule has 0 aromatic carbocycles. The number of carbonyl (C=O) groups is 1. The summed E-state index contributed by atoms with van der Waals surface area (Å²) in [5.74, 6) is 0.271. The van der Waals surface area contributed by atoms with E-state index in [1.807, 2.05) is 37.7 Å². The summed E-state index contributed by atoms with van der Waals surface area (Å²) in [5, 5.41) is 11.0. The molecule has 0 bridgehead atoms. The van der Waals surface area contributed by atoms with Crippen molar-refractivity contribution in [2.45, 2.75) is 38.8 Å². The van der Waals surface area contributed by atoms with E-state index in [2.05, 4.69) is 20.5 Å². The maximum atomic E-state index is 12.3. The summed E-state index contributed by atoms with van der Waals surface area (Å²) in [6.45, 7) is 9.14. The Morgan fingerprint density at radius 3 is 2.96 bits per heavy atom. The van der Waals surface area contributed by atoms with Gasteiger partial charge in [0.05, 0.1) is 31.5 Å². The van der Waals surface area contributed by atoms with Gasteiger partial charge in [-0.05, 0) is 6.07 Å². The molecule has 25 heavy (non-hydrogen) atoms. The zero-order valence-corrected chi connectivity index (χ0v) is 14.9. The number of nitrogens with zero attached hydrogens (tertiary/aromatic N) is 4. The van der Waals surface area contributed by atoms with E-state index >= 15 is 0 Å². The fourth-order valence-electron chi connectivity index (χ4n) is 2.72. The van der Waals surface area contributed by atoms with Gasteiger partial charge < -0.3 is 9.26 Å². The number of aromatic nitrogens is 3. The third-order valence-corrected chi connectivity index (χ3v) is 4.08. The SMILES string of the molecule is CC(C)(C)c1cc(NC(=O)CN2CCO[C@H](Cn3cccn3)C2)on1. The normalized spacial score (nSPS) is 19.1. The third-order valence-electron chi connectivity index (χ3n) is 4.08. The summed E-state index contributed by atoms with van der Waals surface area (Å²) in [5.41, 5.74) is 0.699. The Balaban J connectivity index is 1.49. The van der Waals surface area contributed by atoms with Gasteiger partial charge in [-0.3, -0.25) is 19.7 Å². The standard InChI is InChI=1S/C17H25N5O3/c1-17(2,3)14-9-16(25-20-14)19-15(23)12-21-7-8-24-13(10-21)11-22-6-4-5-18-22/h4-6,9,13H,7-8,10-12H2,1-3H3,(H,19,23)/t13-/m0/s1. The quantitative estimate of drug-likeness (QED) is 0.882. The highest BCUT2D eigenvalue weighted by atomic mass is 16.5. The van der Waals surface area contributed by atoms with Crippen molar-refractivity contribution in [3.05, 3.63) is 30.2 Å². The van der Waals surface area contributed by atoms with E-state index in [1.54, 1.807) is 12.3 Å². The number of hydrogen-bond donors (Lipinski definition) is 1. The predicted octanol–water partition coefficient (Wildman–Crippen LogP) is 1.51. The van der Waals surface area contributed by atoms with Crippen molar-refractivity contribution in [2.24, 2.45) is 0 Å². The molecule has 1 atom stereocenters. The minimum atomic E-state index is -0.115. The number of morpholine rings is 1. The second kappa shape index (κ2) is 7.37. The Labute approximate surface area is 147 Å². The molecule has 1 fully saturated rings. The Bertz CT molecular complexity index is 689. The average molecular weight is 347 g/mol. The first-order valence-corrected chi connectivity index (χ1v) is 8.48. The van der Waals surface area contributed by atoms with Crippen molar-refractivity contribution < 1.29 is 14.1 Å². The van der Waals surface area contributed by atoms with E-state index in [1.165, 1.54) is 0 Å². The average Bonchev–Trinajstić information content (AvgIpc) is 3.18. The second-order valence-electron chi connectivity index (χ2n) is 7.33. The van der Waals surface area contributed by atoms with E-state index in [9.17, 15) is 4.79 Å². The number of amides is 1. The van der Waals surface area contributed by atoms with Crippen LogP contribution in [-0.4, -0.2) is 58.1 Å². The largest absolute Gasteiger partial charge is 0.374 e. The fraction of sp³-hybridized carbons (Fsp3) is 0.588. The minimum absolute atomic E-state index is 0.0271. The summed E-state index contributed by atoms with van der Waals surface area (Å²) < 4.78 is 12.8. The smallest absolute Gasteiger partial charge is 0.240 e. The number of carbonyl (C=O) groups excluding carboxylic acids is 1. The molecule has 1 aliphatic rings. The number of anilines is 1. The summed E-state index contributed by atoms with van der Waals surface area (Å²) in [7, 11) is 0. The van der Waals surface area contributed by atoms with E-state index < -0.39 is 0 Å². The Morgan fingerprint density at radius 2 is 2.28 bits per heavy atom. The maximum absolute atomic E-state index is 12.3.